The molecule has 3 aromatic rings. The third kappa shape index (κ3) is 2.10. The van der Waals surface area contributed by atoms with E-state index in [1.807, 2.05) is 30.5 Å². The van der Waals surface area contributed by atoms with Crippen molar-refractivity contribution < 1.29 is 4.74 Å². The maximum Gasteiger partial charge on any atom is 0.138 e. The van der Waals surface area contributed by atoms with Crippen LogP contribution in [0.2, 0.25) is 0 Å². The summed E-state index contributed by atoms with van der Waals surface area (Å²) in [5, 5.41) is 1.05. The molecule has 4 heteroatoms. The molecule has 0 aliphatic heterocycles. The lowest BCUT2D eigenvalue weighted by atomic mass is 10.3. The van der Waals surface area contributed by atoms with Crippen LogP contribution in [0.5, 0.6) is 5.75 Å². The molecule has 0 aromatic carbocycles. The SMILES string of the molecule is c1cncc(COc2cnc3[nH]ccc3c2)c1. The molecule has 3 rings (SSSR count). The van der Waals surface area contributed by atoms with Crippen molar-refractivity contribution in [3.63, 3.8) is 0 Å². The quantitative estimate of drug-likeness (QED) is 0.745. The van der Waals surface area contributed by atoms with Crippen molar-refractivity contribution in [3.05, 3.63) is 54.6 Å². The van der Waals surface area contributed by atoms with Crippen molar-refractivity contribution in [2.75, 3.05) is 0 Å². The fourth-order valence-electron chi connectivity index (χ4n) is 1.65. The van der Waals surface area contributed by atoms with Crippen LogP contribution in [0.25, 0.3) is 11.0 Å². The van der Waals surface area contributed by atoms with E-state index >= 15 is 0 Å². The Kier molecular flexibility index (Phi) is 2.46. The number of pyridine rings is 2. The molecule has 0 spiro atoms. The second-order valence-electron chi connectivity index (χ2n) is 3.74. The first kappa shape index (κ1) is 9.84. The van der Waals surface area contributed by atoms with Crippen molar-refractivity contribution in [1.82, 2.24) is 15.0 Å². The summed E-state index contributed by atoms with van der Waals surface area (Å²) in [5.74, 6) is 0.765. The van der Waals surface area contributed by atoms with Gasteiger partial charge in [0.1, 0.15) is 18.0 Å². The van der Waals surface area contributed by atoms with Gasteiger partial charge in [-0.1, -0.05) is 6.07 Å². The zero-order chi connectivity index (χ0) is 11.5. The number of hydrogen-bond donors (Lipinski definition) is 1. The zero-order valence-electron chi connectivity index (χ0n) is 9.13. The lowest BCUT2D eigenvalue weighted by Gasteiger charge is -2.05. The molecular formula is C13H11N3O. The summed E-state index contributed by atoms with van der Waals surface area (Å²) in [6, 6.07) is 7.82. The van der Waals surface area contributed by atoms with Gasteiger partial charge >= 0.3 is 0 Å². The fraction of sp³-hybridized carbons (Fsp3) is 0.0769. The van der Waals surface area contributed by atoms with Gasteiger partial charge in [-0.3, -0.25) is 4.98 Å². The van der Waals surface area contributed by atoms with Gasteiger partial charge < -0.3 is 9.72 Å². The van der Waals surface area contributed by atoms with Crippen molar-refractivity contribution in [1.29, 1.82) is 0 Å². The molecule has 4 nitrogen and oxygen atoms in total. The third-order valence-corrected chi connectivity index (χ3v) is 2.50. The Morgan fingerprint density at radius 3 is 3.12 bits per heavy atom. The molecule has 0 fully saturated rings. The smallest absolute Gasteiger partial charge is 0.138 e. The molecule has 0 saturated heterocycles. The molecule has 0 aliphatic carbocycles. The maximum atomic E-state index is 5.65. The average molecular weight is 225 g/mol. The number of H-pyrrole nitrogens is 1. The molecule has 3 heterocycles. The van der Waals surface area contributed by atoms with E-state index in [0.717, 1.165) is 22.3 Å². The first-order chi connectivity index (χ1) is 8.42. The molecule has 0 saturated carbocycles. The van der Waals surface area contributed by atoms with Crippen LogP contribution in [0, 0.1) is 0 Å². The summed E-state index contributed by atoms with van der Waals surface area (Å²) in [6.45, 7) is 0.505. The molecule has 3 aromatic heterocycles. The summed E-state index contributed by atoms with van der Waals surface area (Å²) in [5.41, 5.74) is 1.92. The number of aromatic amines is 1. The topological polar surface area (TPSA) is 50.8 Å². The highest BCUT2D eigenvalue weighted by molar-refractivity contribution is 5.76. The molecule has 0 atom stereocenters. The Bertz CT molecular complexity index is 619. The van der Waals surface area contributed by atoms with Gasteiger partial charge in [0.15, 0.2) is 0 Å². The zero-order valence-corrected chi connectivity index (χ0v) is 9.13. The molecule has 1 N–H and O–H groups in total. The van der Waals surface area contributed by atoms with Crippen LogP contribution in [0.1, 0.15) is 5.56 Å². The monoisotopic (exact) mass is 225 g/mol. The Balaban J connectivity index is 1.76. The molecular weight excluding hydrogens is 214 g/mol. The van der Waals surface area contributed by atoms with Gasteiger partial charge in [-0.15, -0.1) is 0 Å². The summed E-state index contributed by atoms with van der Waals surface area (Å²) < 4.78 is 5.65. The van der Waals surface area contributed by atoms with Gasteiger partial charge in [-0.05, 0) is 18.2 Å². The number of rotatable bonds is 3. The number of aromatic nitrogens is 3. The lowest BCUT2D eigenvalue weighted by Crippen LogP contribution is -1.96. The van der Waals surface area contributed by atoms with E-state index in [1.54, 1.807) is 18.6 Å². The minimum Gasteiger partial charge on any atom is -0.487 e. The minimum atomic E-state index is 0.505. The largest absolute Gasteiger partial charge is 0.487 e. The predicted octanol–water partition coefficient (Wildman–Crippen LogP) is 2.54. The van der Waals surface area contributed by atoms with Gasteiger partial charge in [0.25, 0.3) is 0 Å². The van der Waals surface area contributed by atoms with Crippen LogP contribution in [0.15, 0.2) is 49.1 Å². The van der Waals surface area contributed by atoms with E-state index in [0.29, 0.717) is 6.61 Å². The molecule has 0 bridgehead atoms. The van der Waals surface area contributed by atoms with Crippen LogP contribution >= 0.6 is 0 Å². The average Bonchev–Trinajstić information content (AvgIpc) is 2.85. The van der Waals surface area contributed by atoms with E-state index in [9.17, 15) is 0 Å². The van der Waals surface area contributed by atoms with Gasteiger partial charge in [0.05, 0.1) is 6.20 Å². The first-order valence-corrected chi connectivity index (χ1v) is 5.37. The van der Waals surface area contributed by atoms with Crippen LogP contribution in [-0.2, 0) is 6.61 Å². The number of hydrogen-bond acceptors (Lipinski definition) is 3. The summed E-state index contributed by atoms with van der Waals surface area (Å²) in [6.07, 6.45) is 7.12. The highest BCUT2D eigenvalue weighted by atomic mass is 16.5. The van der Waals surface area contributed by atoms with Gasteiger partial charge in [0, 0.05) is 29.5 Å². The van der Waals surface area contributed by atoms with E-state index in [4.69, 9.17) is 4.74 Å². The fourth-order valence-corrected chi connectivity index (χ4v) is 1.65. The Morgan fingerprint density at radius 2 is 2.24 bits per heavy atom. The van der Waals surface area contributed by atoms with Crippen molar-refractivity contribution in [2.45, 2.75) is 6.61 Å². The molecule has 0 unspecified atom stereocenters. The lowest BCUT2D eigenvalue weighted by molar-refractivity contribution is 0.305. The van der Waals surface area contributed by atoms with Crippen LogP contribution < -0.4 is 4.74 Å². The third-order valence-electron chi connectivity index (χ3n) is 2.50. The summed E-state index contributed by atoms with van der Waals surface area (Å²) in [4.78, 5) is 11.3. The minimum absolute atomic E-state index is 0.505. The number of fused-ring (bicyclic) bond motifs is 1. The molecule has 84 valence electrons. The van der Waals surface area contributed by atoms with Crippen LogP contribution in [0.3, 0.4) is 0 Å². The molecule has 17 heavy (non-hydrogen) atoms. The Morgan fingerprint density at radius 1 is 1.24 bits per heavy atom. The normalized spacial score (nSPS) is 10.6. The standard InChI is InChI=1S/C13H11N3O/c1-2-10(7-14-4-1)9-17-12-6-11-3-5-15-13(11)16-8-12/h1-8H,9H2,(H,15,16). The Labute approximate surface area is 98.3 Å². The van der Waals surface area contributed by atoms with Crippen LogP contribution in [-0.4, -0.2) is 15.0 Å². The highest BCUT2D eigenvalue weighted by Gasteiger charge is 2.00. The highest BCUT2D eigenvalue weighted by Crippen LogP contribution is 2.17. The van der Waals surface area contributed by atoms with E-state index in [1.165, 1.54) is 0 Å². The van der Waals surface area contributed by atoms with E-state index in [-0.39, 0.29) is 0 Å². The molecule has 0 radical (unpaired) electrons. The summed E-state index contributed by atoms with van der Waals surface area (Å²) >= 11 is 0. The van der Waals surface area contributed by atoms with Crippen LogP contribution in [0.4, 0.5) is 0 Å². The number of ether oxygens (including phenoxy) is 1. The predicted molar refractivity (Wildman–Crippen MR) is 64.7 cm³/mol. The van der Waals surface area contributed by atoms with Gasteiger partial charge in [0.2, 0.25) is 0 Å². The van der Waals surface area contributed by atoms with Crippen molar-refractivity contribution in [2.24, 2.45) is 0 Å². The van der Waals surface area contributed by atoms with E-state index in [2.05, 4.69) is 15.0 Å². The first-order valence-electron chi connectivity index (χ1n) is 5.37. The van der Waals surface area contributed by atoms with Gasteiger partial charge in [-0.25, -0.2) is 4.98 Å². The second-order valence-corrected chi connectivity index (χ2v) is 3.74. The second kappa shape index (κ2) is 4.25. The maximum absolute atomic E-state index is 5.65. The number of nitrogens with one attached hydrogen (secondary N) is 1. The molecule has 0 amide bonds. The van der Waals surface area contributed by atoms with Crippen molar-refractivity contribution >= 4 is 11.0 Å². The molecule has 0 aliphatic rings. The number of nitrogens with zero attached hydrogens (tertiary/aromatic N) is 2. The van der Waals surface area contributed by atoms with Crippen molar-refractivity contribution in [3.8, 4) is 5.75 Å². The summed E-state index contributed by atoms with van der Waals surface area (Å²) in [7, 11) is 0. The van der Waals surface area contributed by atoms with Gasteiger partial charge in [-0.2, -0.15) is 0 Å². The Hall–Kier alpha value is -2.36. The van der Waals surface area contributed by atoms with E-state index < -0.39 is 0 Å².